The minimum atomic E-state index is -1.54. The lowest BCUT2D eigenvalue weighted by Crippen LogP contribution is -2.60. The molecule has 5 rings (SSSR count). The van der Waals surface area contributed by atoms with Crippen molar-refractivity contribution >= 4 is 35.6 Å². The lowest BCUT2D eigenvalue weighted by Gasteiger charge is -2.34. The van der Waals surface area contributed by atoms with Crippen LogP contribution in [0.15, 0.2) is 67.3 Å². The van der Waals surface area contributed by atoms with Gasteiger partial charge in [0.05, 0.1) is 18.7 Å². The second-order valence-corrected chi connectivity index (χ2v) is 13.4. The Morgan fingerprint density at radius 2 is 1.74 bits per heavy atom. The summed E-state index contributed by atoms with van der Waals surface area (Å²) in [4.78, 5) is 67.1. The summed E-state index contributed by atoms with van der Waals surface area (Å²) >= 11 is 0. The number of hydrogen-bond acceptors (Lipinski definition) is 7. The molecular weight excluding hydrogens is 606 g/mol. The maximum atomic E-state index is 13.9. The molecule has 2 aromatic carbocycles. The maximum Gasteiger partial charge on any atom is 0.411 e. The topological polar surface area (TPSA) is 186 Å². The van der Waals surface area contributed by atoms with Crippen molar-refractivity contribution in [2.24, 2.45) is 11.3 Å². The fourth-order valence-electron chi connectivity index (χ4n) is 6.36. The lowest BCUT2D eigenvalue weighted by atomic mass is 9.86. The van der Waals surface area contributed by atoms with E-state index < -0.39 is 77.1 Å². The van der Waals surface area contributed by atoms with Crippen molar-refractivity contribution in [2.45, 2.75) is 75.9 Å². The lowest BCUT2D eigenvalue weighted by molar-refractivity contribution is -0.144. The van der Waals surface area contributed by atoms with Gasteiger partial charge >= 0.3 is 18.1 Å². The van der Waals surface area contributed by atoms with E-state index in [1.165, 1.54) is 6.08 Å². The molecule has 2 fully saturated rings. The second-order valence-electron chi connectivity index (χ2n) is 13.4. The van der Waals surface area contributed by atoms with Gasteiger partial charge in [0.1, 0.15) is 23.7 Å². The number of ether oxygens (including phenoxy) is 1. The fraction of sp³-hybridized carbons (Fsp3) is 0.441. The van der Waals surface area contributed by atoms with Gasteiger partial charge in [-0.1, -0.05) is 69.3 Å². The maximum absolute atomic E-state index is 13.9. The Kier molecular flexibility index (Phi) is 9.30. The molecule has 1 heterocycles. The molecule has 0 aromatic heterocycles. The Balaban J connectivity index is 1.33. The predicted octanol–water partition coefficient (Wildman–Crippen LogP) is 2.72. The number of aliphatic hydroxyl groups is 1. The van der Waals surface area contributed by atoms with E-state index in [0.717, 1.165) is 16.0 Å². The predicted molar refractivity (Wildman–Crippen MR) is 171 cm³/mol. The molecule has 1 saturated heterocycles. The normalized spacial score (nSPS) is 26.7. The fourth-order valence-corrected chi connectivity index (χ4v) is 6.36. The number of aliphatic carboxylic acids is 1. The van der Waals surface area contributed by atoms with Crippen molar-refractivity contribution in [1.29, 1.82) is 0 Å². The minimum absolute atomic E-state index is 0.104. The van der Waals surface area contributed by atoms with E-state index in [4.69, 9.17) is 4.74 Å². The Morgan fingerprint density at radius 1 is 1.06 bits per heavy atom. The molecule has 0 bridgehead atoms. The molecule has 2 aliphatic carbocycles. The molecule has 250 valence electrons. The monoisotopic (exact) mass is 647 g/mol. The summed E-state index contributed by atoms with van der Waals surface area (Å²) < 4.78 is 5.57. The van der Waals surface area contributed by atoms with Crippen LogP contribution in [0, 0.1) is 11.3 Å². The van der Waals surface area contributed by atoms with E-state index in [9.17, 15) is 34.2 Å². The van der Waals surface area contributed by atoms with Gasteiger partial charge in [-0.25, -0.2) is 14.4 Å². The summed E-state index contributed by atoms with van der Waals surface area (Å²) in [5.74, 6) is -2.97. The van der Waals surface area contributed by atoms with Crippen molar-refractivity contribution < 1.29 is 38.9 Å². The highest BCUT2D eigenvalue weighted by Crippen LogP contribution is 2.45. The summed E-state index contributed by atoms with van der Waals surface area (Å²) in [6.45, 7) is 8.76. The number of likely N-dealkylation sites (tertiary alicyclic amines) is 1. The van der Waals surface area contributed by atoms with Gasteiger partial charge in [-0.3, -0.25) is 14.9 Å². The molecule has 1 aliphatic heterocycles. The Bertz CT molecular complexity index is 1560. The number of amides is 5. The average molecular weight is 648 g/mol. The molecule has 5 amide bonds. The largest absolute Gasteiger partial charge is 0.479 e. The highest BCUT2D eigenvalue weighted by atomic mass is 16.6. The van der Waals surface area contributed by atoms with Gasteiger partial charge in [-0.15, -0.1) is 6.58 Å². The molecule has 13 heteroatoms. The van der Waals surface area contributed by atoms with Crippen LogP contribution >= 0.6 is 0 Å². The molecule has 6 N–H and O–H groups in total. The Hall–Kier alpha value is -4.91. The zero-order valence-corrected chi connectivity index (χ0v) is 26.6. The molecule has 0 spiro atoms. The van der Waals surface area contributed by atoms with Crippen LogP contribution in [-0.4, -0.2) is 81.4 Å². The first kappa shape index (κ1) is 33.5. The van der Waals surface area contributed by atoms with Gasteiger partial charge in [0.25, 0.3) is 0 Å². The summed E-state index contributed by atoms with van der Waals surface area (Å²) in [6, 6.07) is 12.2. The third-order valence-electron chi connectivity index (χ3n) is 9.05. The van der Waals surface area contributed by atoms with Crippen LogP contribution in [-0.2, 0) is 25.5 Å². The van der Waals surface area contributed by atoms with Gasteiger partial charge in [0.15, 0.2) is 0 Å². The first-order chi connectivity index (χ1) is 22.2. The first-order valence-electron chi connectivity index (χ1n) is 15.6. The van der Waals surface area contributed by atoms with Crippen LogP contribution < -0.4 is 21.3 Å². The van der Waals surface area contributed by atoms with E-state index in [1.807, 2.05) is 24.3 Å². The van der Waals surface area contributed by atoms with Gasteiger partial charge in [0, 0.05) is 24.4 Å². The number of hydrogen-bond donors (Lipinski definition) is 6. The number of carboxylic acids is 1. The smallest absolute Gasteiger partial charge is 0.411 e. The number of nitrogens with one attached hydrogen (secondary N) is 4. The van der Waals surface area contributed by atoms with Crippen LogP contribution in [0.25, 0.3) is 0 Å². The summed E-state index contributed by atoms with van der Waals surface area (Å²) in [6.07, 6.45) is -0.668. The molecule has 0 unspecified atom stereocenters. The van der Waals surface area contributed by atoms with Gasteiger partial charge in [-0.05, 0) is 35.1 Å². The number of rotatable bonds is 9. The minimum Gasteiger partial charge on any atom is -0.479 e. The zero-order valence-electron chi connectivity index (χ0n) is 26.6. The highest BCUT2D eigenvalue weighted by Gasteiger charge is 2.61. The number of para-hydroxylation sites is 1. The summed E-state index contributed by atoms with van der Waals surface area (Å²) in [5.41, 5.74) is -0.145. The summed E-state index contributed by atoms with van der Waals surface area (Å²) in [7, 11) is 0. The highest BCUT2D eigenvalue weighted by molar-refractivity contribution is 5.95. The molecule has 47 heavy (non-hydrogen) atoms. The standard InChI is InChI=1S/C34H41N5O8/c1-5-20-17-34(20,30(43)44)38-28(41)24-16-22(47-32(46)35-21-12-7-6-8-13-21)18-39(24)31(45)37-27(33(2,3)4)29(42)36-26-23-14-10-9-11-19(23)15-25(26)40/h5-14,20,22,24-27,40H,1,15-18H2,2-4H3,(H,35,46)(H,36,42)(H,37,45)(H,38,41)(H,43,44)/t20-,22-,24+,25-,26+,27-,34-/m1/s1. The zero-order chi connectivity index (χ0) is 34.1. The molecule has 1 saturated carbocycles. The van der Waals surface area contributed by atoms with E-state index in [1.54, 1.807) is 51.1 Å². The van der Waals surface area contributed by atoms with E-state index in [-0.39, 0.29) is 19.4 Å². The quantitative estimate of drug-likeness (QED) is 0.224. The number of fused-ring (bicyclic) bond motifs is 1. The molecule has 13 nitrogen and oxygen atoms in total. The van der Waals surface area contributed by atoms with E-state index >= 15 is 0 Å². The number of nitrogens with zero attached hydrogens (tertiary/aromatic N) is 1. The van der Waals surface area contributed by atoms with Gasteiger partial charge in [-0.2, -0.15) is 0 Å². The van der Waals surface area contributed by atoms with Crippen molar-refractivity contribution in [3.8, 4) is 0 Å². The first-order valence-corrected chi connectivity index (χ1v) is 15.6. The van der Waals surface area contributed by atoms with Crippen LogP contribution in [0.1, 0.15) is 50.8 Å². The Labute approximate surface area is 272 Å². The number of carbonyl (C=O) groups excluding carboxylic acids is 4. The third kappa shape index (κ3) is 7.09. The van der Waals surface area contributed by atoms with Gasteiger partial charge < -0.3 is 35.8 Å². The number of anilines is 1. The average Bonchev–Trinajstić information content (AvgIpc) is 3.43. The van der Waals surface area contributed by atoms with Crippen LogP contribution in [0.4, 0.5) is 15.3 Å². The number of aliphatic hydroxyl groups excluding tert-OH is 1. The van der Waals surface area contributed by atoms with Crippen molar-refractivity contribution in [3.05, 3.63) is 78.4 Å². The van der Waals surface area contributed by atoms with Crippen LogP contribution in [0.2, 0.25) is 0 Å². The SMILES string of the molecule is C=C[C@@H]1C[C@]1(NC(=O)[C@@H]1C[C@@H](OC(=O)Nc2ccccc2)CN1C(=O)N[C@H](C(=O)N[C@H]1c2ccccc2C[C@H]1O)C(C)(C)C)C(=O)O. The van der Waals surface area contributed by atoms with Crippen molar-refractivity contribution in [2.75, 3.05) is 11.9 Å². The van der Waals surface area contributed by atoms with Crippen molar-refractivity contribution in [3.63, 3.8) is 0 Å². The molecular formula is C34H41N5O8. The number of benzene rings is 2. The second kappa shape index (κ2) is 13.1. The van der Waals surface area contributed by atoms with Crippen LogP contribution in [0.5, 0.6) is 0 Å². The number of carbonyl (C=O) groups is 5. The van der Waals surface area contributed by atoms with Gasteiger partial charge in [0.2, 0.25) is 11.8 Å². The third-order valence-corrected chi connectivity index (χ3v) is 9.05. The molecule has 7 atom stereocenters. The number of carboxylic acid groups (broad SMARTS) is 1. The Morgan fingerprint density at radius 3 is 2.38 bits per heavy atom. The molecule has 2 aromatic rings. The van der Waals surface area contributed by atoms with E-state index in [2.05, 4.69) is 27.8 Å². The molecule has 3 aliphatic rings. The summed E-state index contributed by atoms with van der Waals surface area (Å²) in [5, 5.41) is 31.4. The van der Waals surface area contributed by atoms with E-state index in [0.29, 0.717) is 12.1 Å². The van der Waals surface area contributed by atoms with Crippen LogP contribution in [0.3, 0.4) is 0 Å². The van der Waals surface area contributed by atoms with Crippen molar-refractivity contribution in [1.82, 2.24) is 20.9 Å². The number of urea groups is 1. The molecule has 0 radical (unpaired) electrons.